The zero-order chi connectivity index (χ0) is 22.1. The van der Waals surface area contributed by atoms with Crippen molar-refractivity contribution in [1.82, 2.24) is 20.5 Å². The topological polar surface area (TPSA) is 65.0 Å². The summed E-state index contributed by atoms with van der Waals surface area (Å²) in [5.41, 5.74) is 2.36. The number of hydrogen-bond donors (Lipinski definition) is 2. The third kappa shape index (κ3) is 7.23. The summed E-state index contributed by atoms with van der Waals surface area (Å²) in [5.74, 6) is 2.71. The number of nitrogens with one attached hydrogen (secondary N) is 2. The van der Waals surface area contributed by atoms with Gasteiger partial charge in [0.15, 0.2) is 5.96 Å². The van der Waals surface area contributed by atoms with Gasteiger partial charge in [-0.05, 0) is 56.6 Å². The van der Waals surface area contributed by atoms with Crippen molar-refractivity contribution in [1.29, 1.82) is 0 Å². The van der Waals surface area contributed by atoms with Crippen LogP contribution in [0.25, 0.3) is 0 Å². The van der Waals surface area contributed by atoms with Gasteiger partial charge in [-0.25, -0.2) is 9.98 Å². The van der Waals surface area contributed by atoms with E-state index in [1.165, 1.54) is 18.4 Å². The van der Waals surface area contributed by atoms with Crippen molar-refractivity contribution < 1.29 is 4.74 Å². The van der Waals surface area contributed by atoms with Crippen molar-refractivity contribution in [3.8, 4) is 5.75 Å². The van der Waals surface area contributed by atoms with Gasteiger partial charge in [0, 0.05) is 38.9 Å². The van der Waals surface area contributed by atoms with Gasteiger partial charge in [0.05, 0.1) is 19.7 Å². The number of aromatic nitrogens is 1. The van der Waals surface area contributed by atoms with Gasteiger partial charge in [0.1, 0.15) is 11.6 Å². The Bertz CT molecular complexity index is 854. The first-order valence-electron chi connectivity index (χ1n) is 11.1. The molecule has 2 aromatic rings. The highest BCUT2D eigenvalue weighted by Gasteiger charge is 2.26. The smallest absolute Gasteiger partial charge is 0.191 e. The number of aliphatic imine (C=N–C) groups is 1. The van der Waals surface area contributed by atoms with E-state index in [9.17, 15) is 0 Å². The first-order valence-corrected chi connectivity index (χ1v) is 11.1. The molecule has 1 aromatic heterocycles. The molecule has 0 radical (unpaired) electrons. The predicted octanol–water partition coefficient (Wildman–Crippen LogP) is 3.67. The van der Waals surface area contributed by atoms with Gasteiger partial charge in [-0.1, -0.05) is 18.2 Å². The molecule has 1 unspecified atom stereocenters. The van der Waals surface area contributed by atoms with Gasteiger partial charge >= 0.3 is 0 Å². The van der Waals surface area contributed by atoms with Crippen LogP contribution in [-0.2, 0) is 6.54 Å². The first-order chi connectivity index (χ1) is 15.1. The zero-order valence-electron chi connectivity index (χ0n) is 19.7. The second-order valence-corrected chi connectivity index (χ2v) is 7.99. The summed E-state index contributed by atoms with van der Waals surface area (Å²) in [4.78, 5) is 13.7. The van der Waals surface area contributed by atoms with Gasteiger partial charge < -0.3 is 20.3 Å². The van der Waals surface area contributed by atoms with Gasteiger partial charge in [-0.15, -0.1) is 24.0 Å². The summed E-state index contributed by atoms with van der Waals surface area (Å²) in [7, 11) is 5.74. The van der Waals surface area contributed by atoms with Gasteiger partial charge in [0.2, 0.25) is 0 Å². The molecule has 2 heterocycles. The van der Waals surface area contributed by atoms with Crippen LogP contribution in [0.1, 0.15) is 36.9 Å². The molecule has 1 aliphatic rings. The Morgan fingerprint density at radius 1 is 1.19 bits per heavy atom. The molecule has 0 amide bonds. The molecule has 0 bridgehead atoms. The Morgan fingerprint density at radius 3 is 2.62 bits per heavy atom. The lowest BCUT2D eigenvalue weighted by Crippen LogP contribution is -2.42. The number of methoxy groups -OCH3 is 1. The molecule has 8 heteroatoms. The molecule has 1 aliphatic heterocycles. The molecule has 2 N–H and O–H groups in total. The van der Waals surface area contributed by atoms with Gasteiger partial charge in [-0.3, -0.25) is 4.90 Å². The molecule has 0 spiro atoms. The van der Waals surface area contributed by atoms with Crippen LogP contribution in [0.2, 0.25) is 0 Å². The number of hydrogen-bond acceptors (Lipinski definition) is 5. The highest BCUT2D eigenvalue weighted by Crippen LogP contribution is 2.31. The van der Waals surface area contributed by atoms with E-state index in [-0.39, 0.29) is 30.0 Å². The second-order valence-electron chi connectivity index (χ2n) is 7.99. The summed E-state index contributed by atoms with van der Waals surface area (Å²) in [6.07, 6.45) is 4.33. The SMILES string of the molecule is CCNC(=NCc1ccnc(N(C)C)c1)NCC(c1ccccc1OC)N1CCCC1.I. The monoisotopic (exact) mass is 552 g/mol. The molecule has 0 aliphatic carbocycles. The number of benzene rings is 1. The molecular weight excluding hydrogens is 515 g/mol. The highest BCUT2D eigenvalue weighted by molar-refractivity contribution is 14.0. The summed E-state index contributed by atoms with van der Waals surface area (Å²) >= 11 is 0. The fourth-order valence-corrected chi connectivity index (χ4v) is 3.94. The van der Waals surface area contributed by atoms with E-state index in [1.54, 1.807) is 7.11 Å². The number of para-hydroxylation sites is 1. The molecule has 32 heavy (non-hydrogen) atoms. The fraction of sp³-hybridized carbons (Fsp3) is 0.500. The van der Waals surface area contributed by atoms with E-state index < -0.39 is 0 Å². The number of anilines is 1. The normalized spacial score (nSPS) is 15.1. The average molecular weight is 553 g/mol. The van der Waals surface area contributed by atoms with Crippen molar-refractivity contribution in [2.24, 2.45) is 4.99 Å². The van der Waals surface area contributed by atoms with E-state index in [2.05, 4.69) is 45.6 Å². The van der Waals surface area contributed by atoms with Gasteiger partial charge in [-0.2, -0.15) is 0 Å². The molecule has 1 atom stereocenters. The third-order valence-corrected chi connectivity index (χ3v) is 5.57. The molecular formula is C24H37IN6O. The van der Waals surface area contributed by atoms with Gasteiger partial charge in [0.25, 0.3) is 0 Å². The number of nitrogens with zero attached hydrogens (tertiary/aromatic N) is 4. The minimum atomic E-state index is 0. The van der Waals surface area contributed by atoms with Crippen LogP contribution in [0.3, 0.4) is 0 Å². The number of pyridine rings is 1. The molecule has 3 rings (SSSR count). The van der Waals surface area contributed by atoms with Crippen molar-refractivity contribution in [2.75, 3.05) is 52.3 Å². The molecule has 7 nitrogen and oxygen atoms in total. The Kier molecular flexibility index (Phi) is 11.0. The predicted molar refractivity (Wildman–Crippen MR) is 143 cm³/mol. The van der Waals surface area contributed by atoms with E-state index in [1.807, 2.05) is 43.4 Å². The maximum Gasteiger partial charge on any atom is 0.191 e. The minimum absolute atomic E-state index is 0. The number of halogens is 1. The molecule has 1 aromatic carbocycles. The van der Waals surface area contributed by atoms with Crippen LogP contribution < -0.4 is 20.3 Å². The molecule has 1 saturated heterocycles. The standard InChI is InChI=1S/C24H36N6O.HI/c1-5-25-24(27-17-19-12-13-26-23(16-19)29(2)3)28-18-21(30-14-8-9-15-30)20-10-6-7-11-22(20)31-4;/h6-7,10-13,16,21H,5,8-9,14-15,17-18H2,1-4H3,(H2,25,27,28);1H. The molecule has 1 fully saturated rings. The maximum atomic E-state index is 5.67. The molecule has 0 saturated carbocycles. The first kappa shape index (κ1) is 26.2. The summed E-state index contributed by atoms with van der Waals surface area (Å²) in [5, 5.41) is 6.95. The minimum Gasteiger partial charge on any atom is -0.496 e. The Hall–Kier alpha value is -2.07. The lowest BCUT2D eigenvalue weighted by molar-refractivity contribution is 0.239. The Labute approximate surface area is 209 Å². The lowest BCUT2D eigenvalue weighted by atomic mass is 10.0. The number of likely N-dealkylation sites (tertiary alicyclic amines) is 1. The van der Waals surface area contributed by atoms with E-state index in [4.69, 9.17) is 9.73 Å². The fourth-order valence-electron chi connectivity index (χ4n) is 3.94. The number of rotatable bonds is 9. The summed E-state index contributed by atoms with van der Waals surface area (Å²) < 4.78 is 5.67. The summed E-state index contributed by atoms with van der Waals surface area (Å²) in [6.45, 7) is 6.50. The lowest BCUT2D eigenvalue weighted by Gasteiger charge is -2.30. The number of ether oxygens (including phenoxy) is 1. The van der Waals surface area contributed by atoms with Crippen molar-refractivity contribution in [3.63, 3.8) is 0 Å². The van der Waals surface area contributed by atoms with E-state index in [0.29, 0.717) is 6.54 Å². The Balaban J connectivity index is 0.00000363. The number of guanidine groups is 1. The van der Waals surface area contributed by atoms with Crippen LogP contribution in [0.5, 0.6) is 5.75 Å². The second kappa shape index (κ2) is 13.5. The van der Waals surface area contributed by atoms with Crippen LogP contribution in [-0.4, -0.2) is 63.2 Å². The van der Waals surface area contributed by atoms with Crippen LogP contribution in [0.4, 0.5) is 5.82 Å². The Morgan fingerprint density at radius 2 is 1.94 bits per heavy atom. The molecule has 176 valence electrons. The highest BCUT2D eigenvalue weighted by atomic mass is 127. The van der Waals surface area contributed by atoms with E-state index >= 15 is 0 Å². The van der Waals surface area contributed by atoms with Crippen molar-refractivity contribution in [3.05, 3.63) is 53.7 Å². The van der Waals surface area contributed by atoms with Crippen LogP contribution in [0, 0.1) is 0 Å². The third-order valence-electron chi connectivity index (χ3n) is 5.57. The van der Waals surface area contributed by atoms with Crippen molar-refractivity contribution in [2.45, 2.75) is 32.4 Å². The van der Waals surface area contributed by atoms with Crippen LogP contribution in [0.15, 0.2) is 47.6 Å². The zero-order valence-corrected chi connectivity index (χ0v) is 22.0. The average Bonchev–Trinajstić information content (AvgIpc) is 3.32. The largest absolute Gasteiger partial charge is 0.496 e. The van der Waals surface area contributed by atoms with Crippen molar-refractivity contribution >= 4 is 35.8 Å². The maximum absolute atomic E-state index is 5.67. The van der Waals surface area contributed by atoms with E-state index in [0.717, 1.165) is 49.3 Å². The quantitative estimate of drug-likeness (QED) is 0.281. The summed E-state index contributed by atoms with van der Waals surface area (Å²) in [6, 6.07) is 12.7. The van der Waals surface area contributed by atoms with Crippen LogP contribution >= 0.6 is 24.0 Å².